The van der Waals surface area contributed by atoms with Crippen LogP contribution in [0.4, 0.5) is 5.69 Å². The van der Waals surface area contributed by atoms with E-state index in [9.17, 15) is 13.2 Å². The summed E-state index contributed by atoms with van der Waals surface area (Å²) >= 11 is 0. The number of nitrogens with two attached hydrogens (primary N) is 1. The van der Waals surface area contributed by atoms with E-state index in [-0.39, 0.29) is 11.7 Å². The molecule has 0 bridgehead atoms. The van der Waals surface area contributed by atoms with Gasteiger partial charge in [-0.3, -0.25) is 4.79 Å². The molecule has 0 saturated heterocycles. The van der Waals surface area contributed by atoms with Crippen molar-refractivity contribution in [3.8, 4) is 16.9 Å². The number of amides is 1. The van der Waals surface area contributed by atoms with Crippen molar-refractivity contribution in [1.29, 1.82) is 0 Å². The first-order valence-corrected chi connectivity index (χ1v) is 12.0. The fraction of sp³-hybridized carbons (Fsp3) is 0.120. The highest BCUT2D eigenvalue weighted by molar-refractivity contribution is 7.88. The Labute approximate surface area is 192 Å². The number of sulfonamides is 1. The Morgan fingerprint density at radius 2 is 1.67 bits per heavy atom. The van der Waals surface area contributed by atoms with Crippen LogP contribution >= 0.6 is 0 Å². The van der Waals surface area contributed by atoms with Crippen LogP contribution in [0.1, 0.15) is 27.0 Å². The summed E-state index contributed by atoms with van der Waals surface area (Å²) < 4.78 is 24.3. The molecular formula is C25H24N4O3S. The van der Waals surface area contributed by atoms with E-state index in [0.29, 0.717) is 22.5 Å². The largest absolute Gasteiger partial charge is 0.322 e. The number of carbonyl (C=O) groups excluding carboxylic acids is 1. The van der Waals surface area contributed by atoms with Crippen LogP contribution in [-0.2, 0) is 15.8 Å². The Balaban J connectivity index is 1.68. The number of rotatable bonds is 6. The highest BCUT2D eigenvalue weighted by Crippen LogP contribution is 2.27. The third-order valence-electron chi connectivity index (χ3n) is 5.34. The van der Waals surface area contributed by atoms with Crippen molar-refractivity contribution < 1.29 is 13.2 Å². The SMILES string of the molecule is Cc1ccc(-c2nn(-c3ccccc3)cc2C(=O)Nc2ccc(CS(N)(=O)=O)cc2)cc1C. The van der Waals surface area contributed by atoms with Crippen LogP contribution in [0.25, 0.3) is 16.9 Å². The van der Waals surface area contributed by atoms with E-state index < -0.39 is 10.0 Å². The van der Waals surface area contributed by atoms with Crippen molar-refractivity contribution in [3.63, 3.8) is 0 Å². The number of nitrogens with one attached hydrogen (secondary N) is 1. The van der Waals surface area contributed by atoms with Crippen LogP contribution in [0.5, 0.6) is 0 Å². The maximum atomic E-state index is 13.2. The van der Waals surface area contributed by atoms with Crippen molar-refractivity contribution in [2.75, 3.05) is 5.32 Å². The number of aromatic nitrogens is 2. The second-order valence-corrected chi connectivity index (χ2v) is 9.54. The number of anilines is 1. The van der Waals surface area contributed by atoms with E-state index in [2.05, 4.69) is 5.32 Å². The van der Waals surface area contributed by atoms with Gasteiger partial charge in [-0.25, -0.2) is 18.2 Å². The molecule has 4 aromatic rings. The quantitative estimate of drug-likeness (QED) is 0.450. The summed E-state index contributed by atoms with van der Waals surface area (Å²) in [5.41, 5.74) is 6.04. The van der Waals surface area contributed by atoms with Gasteiger partial charge in [0.15, 0.2) is 0 Å². The molecule has 8 heteroatoms. The maximum Gasteiger partial charge on any atom is 0.259 e. The average Bonchev–Trinajstić information content (AvgIpc) is 3.22. The van der Waals surface area contributed by atoms with Crippen LogP contribution in [0.15, 0.2) is 79.0 Å². The first-order chi connectivity index (χ1) is 15.7. The van der Waals surface area contributed by atoms with Gasteiger partial charge in [0.25, 0.3) is 5.91 Å². The average molecular weight is 461 g/mol. The van der Waals surface area contributed by atoms with Crippen molar-refractivity contribution >= 4 is 21.6 Å². The molecule has 0 unspecified atom stereocenters. The second kappa shape index (κ2) is 9.01. The standard InChI is InChI=1S/C25H24N4O3S/c1-17-8-11-20(14-18(17)2)24-23(15-29(28-24)22-6-4-3-5-7-22)25(30)27-21-12-9-19(10-13-21)16-33(26,31)32/h3-15H,16H2,1-2H3,(H,27,30)(H2,26,31,32). The Morgan fingerprint density at radius 1 is 0.970 bits per heavy atom. The molecule has 0 saturated carbocycles. The molecule has 33 heavy (non-hydrogen) atoms. The molecule has 0 aliphatic carbocycles. The molecule has 3 aromatic carbocycles. The van der Waals surface area contributed by atoms with Gasteiger partial charge in [0.1, 0.15) is 5.69 Å². The Hall–Kier alpha value is -3.75. The minimum atomic E-state index is -3.62. The van der Waals surface area contributed by atoms with Gasteiger partial charge in [-0.15, -0.1) is 0 Å². The third kappa shape index (κ3) is 5.36. The van der Waals surface area contributed by atoms with Gasteiger partial charge < -0.3 is 5.32 Å². The van der Waals surface area contributed by atoms with Gasteiger partial charge >= 0.3 is 0 Å². The smallest absolute Gasteiger partial charge is 0.259 e. The molecule has 3 N–H and O–H groups in total. The van der Waals surface area contributed by atoms with Gasteiger partial charge in [0.2, 0.25) is 10.0 Å². The summed E-state index contributed by atoms with van der Waals surface area (Å²) in [4.78, 5) is 13.2. The molecule has 0 fully saturated rings. The number of hydrogen-bond acceptors (Lipinski definition) is 4. The summed E-state index contributed by atoms with van der Waals surface area (Å²) in [5, 5.41) is 12.7. The molecule has 168 valence electrons. The summed E-state index contributed by atoms with van der Waals surface area (Å²) in [5.74, 6) is -0.577. The van der Waals surface area contributed by atoms with E-state index >= 15 is 0 Å². The van der Waals surface area contributed by atoms with Crippen molar-refractivity contribution in [3.05, 3.63) is 101 Å². The van der Waals surface area contributed by atoms with Crippen LogP contribution in [-0.4, -0.2) is 24.1 Å². The zero-order valence-electron chi connectivity index (χ0n) is 18.3. The Bertz CT molecular complexity index is 1410. The molecule has 0 aliphatic heterocycles. The van der Waals surface area contributed by atoms with Crippen LogP contribution in [0, 0.1) is 13.8 Å². The molecule has 1 aromatic heterocycles. The first kappa shape index (κ1) is 22.4. The van der Waals surface area contributed by atoms with Gasteiger partial charge in [0.05, 0.1) is 17.0 Å². The van der Waals surface area contributed by atoms with E-state index in [1.54, 1.807) is 35.1 Å². The number of primary sulfonamides is 1. The minimum absolute atomic E-state index is 0.262. The number of aryl methyl sites for hydroxylation is 2. The predicted molar refractivity (Wildman–Crippen MR) is 130 cm³/mol. The number of para-hydroxylation sites is 1. The summed E-state index contributed by atoms with van der Waals surface area (Å²) in [6.07, 6.45) is 1.71. The first-order valence-electron chi connectivity index (χ1n) is 10.3. The topological polar surface area (TPSA) is 107 Å². The Kier molecular flexibility index (Phi) is 6.13. The molecule has 1 heterocycles. The summed E-state index contributed by atoms with van der Waals surface area (Å²) in [6, 6.07) is 22.1. The van der Waals surface area contributed by atoms with Crippen LogP contribution in [0.3, 0.4) is 0 Å². The Morgan fingerprint density at radius 3 is 2.30 bits per heavy atom. The fourth-order valence-corrected chi connectivity index (χ4v) is 4.13. The number of benzene rings is 3. The zero-order valence-corrected chi connectivity index (χ0v) is 19.1. The molecule has 0 aliphatic rings. The molecule has 0 atom stereocenters. The summed E-state index contributed by atoms with van der Waals surface area (Å²) in [7, 11) is -3.62. The van der Waals surface area contributed by atoms with Crippen molar-refractivity contribution in [2.24, 2.45) is 5.14 Å². The lowest BCUT2D eigenvalue weighted by Gasteiger charge is -2.08. The zero-order chi connectivity index (χ0) is 23.6. The van der Waals surface area contributed by atoms with Crippen molar-refractivity contribution in [1.82, 2.24) is 9.78 Å². The number of hydrogen-bond donors (Lipinski definition) is 2. The molecule has 0 spiro atoms. The van der Waals surface area contributed by atoms with E-state index in [1.165, 1.54) is 0 Å². The molecule has 4 rings (SSSR count). The van der Waals surface area contributed by atoms with Gasteiger partial charge in [-0.05, 0) is 60.9 Å². The highest BCUT2D eigenvalue weighted by Gasteiger charge is 2.19. The van der Waals surface area contributed by atoms with Crippen LogP contribution in [0.2, 0.25) is 0 Å². The van der Waals surface area contributed by atoms with Crippen LogP contribution < -0.4 is 10.5 Å². The molecule has 7 nitrogen and oxygen atoms in total. The minimum Gasteiger partial charge on any atom is -0.322 e. The molecular weight excluding hydrogens is 436 g/mol. The normalized spacial score (nSPS) is 11.4. The molecule has 1 amide bonds. The van der Waals surface area contributed by atoms with E-state index in [1.807, 2.05) is 62.4 Å². The second-order valence-electron chi connectivity index (χ2n) is 7.93. The van der Waals surface area contributed by atoms with Gasteiger partial charge in [-0.1, -0.05) is 42.5 Å². The lowest BCUT2D eigenvalue weighted by atomic mass is 10.0. The maximum absolute atomic E-state index is 13.2. The van der Waals surface area contributed by atoms with Gasteiger partial charge in [-0.2, -0.15) is 5.10 Å². The number of carbonyl (C=O) groups is 1. The lowest BCUT2D eigenvalue weighted by molar-refractivity contribution is 0.102. The predicted octanol–water partition coefficient (Wildman–Crippen LogP) is 4.20. The van der Waals surface area contributed by atoms with Crippen molar-refractivity contribution in [2.45, 2.75) is 19.6 Å². The monoisotopic (exact) mass is 460 g/mol. The highest BCUT2D eigenvalue weighted by atomic mass is 32.2. The van der Waals surface area contributed by atoms with E-state index in [0.717, 1.165) is 22.4 Å². The van der Waals surface area contributed by atoms with E-state index in [4.69, 9.17) is 10.2 Å². The molecule has 0 radical (unpaired) electrons. The number of nitrogens with zero attached hydrogens (tertiary/aromatic N) is 2. The summed E-state index contributed by atoms with van der Waals surface area (Å²) in [6.45, 7) is 4.06. The fourth-order valence-electron chi connectivity index (χ4n) is 3.47. The lowest BCUT2D eigenvalue weighted by Crippen LogP contribution is -2.15. The van der Waals surface area contributed by atoms with Gasteiger partial charge in [0, 0.05) is 17.4 Å². The third-order valence-corrected chi connectivity index (χ3v) is 6.08.